The van der Waals surface area contributed by atoms with E-state index in [0.29, 0.717) is 5.25 Å². The van der Waals surface area contributed by atoms with E-state index in [9.17, 15) is 5.26 Å². The maximum absolute atomic E-state index is 9.18. The van der Waals surface area contributed by atoms with Gasteiger partial charge in [0.25, 0.3) is 0 Å². The predicted octanol–water partition coefficient (Wildman–Crippen LogP) is 4.26. The number of thioether (sulfide) groups is 1. The van der Waals surface area contributed by atoms with Gasteiger partial charge in [-0.25, -0.2) is 4.98 Å². The molecule has 0 aliphatic heterocycles. The highest BCUT2D eigenvalue weighted by molar-refractivity contribution is 9.10. The fraction of sp³-hybridized carbons (Fsp3) is 0.538. The molecule has 0 saturated heterocycles. The molecule has 17 heavy (non-hydrogen) atoms. The predicted molar refractivity (Wildman–Crippen MR) is 73.7 cm³/mol. The van der Waals surface area contributed by atoms with Gasteiger partial charge in [0, 0.05) is 15.9 Å². The van der Waals surface area contributed by atoms with Crippen molar-refractivity contribution in [2.24, 2.45) is 11.8 Å². The van der Waals surface area contributed by atoms with Crippen LogP contribution in [0.1, 0.15) is 26.2 Å². The van der Waals surface area contributed by atoms with Crippen molar-refractivity contribution in [2.75, 3.05) is 0 Å². The van der Waals surface area contributed by atoms with E-state index in [-0.39, 0.29) is 5.92 Å². The number of hydrogen-bond donors (Lipinski definition) is 0. The second kappa shape index (κ2) is 5.88. The number of nitrogens with zero attached hydrogens (tertiary/aromatic N) is 2. The molecule has 4 heteroatoms. The summed E-state index contributed by atoms with van der Waals surface area (Å²) in [6.45, 7) is 2.27. The molecule has 2 rings (SSSR count). The van der Waals surface area contributed by atoms with Gasteiger partial charge in [-0.3, -0.25) is 0 Å². The number of halogens is 1. The maximum Gasteiger partial charge on any atom is 0.0963 e. The van der Waals surface area contributed by atoms with Crippen molar-refractivity contribution in [3.63, 3.8) is 0 Å². The molecule has 1 aromatic heterocycles. The van der Waals surface area contributed by atoms with Crippen LogP contribution in [0.15, 0.2) is 27.8 Å². The summed E-state index contributed by atoms with van der Waals surface area (Å²) in [5, 5.41) is 10.6. The minimum absolute atomic E-state index is 0.182. The molecule has 90 valence electrons. The van der Waals surface area contributed by atoms with Crippen molar-refractivity contribution in [3.8, 4) is 6.07 Å². The van der Waals surface area contributed by atoms with E-state index >= 15 is 0 Å². The first-order valence-corrected chi connectivity index (χ1v) is 7.54. The number of rotatable bonds is 2. The van der Waals surface area contributed by atoms with Gasteiger partial charge in [-0.2, -0.15) is 5.26 Å². The quantitative estimate of drug-likeness (QED) is 0.818. The molecule has 0 radical (unpaired) electrons. The van der Waals surface area contributed by atoms with Gasteiger partial charge in [0.15, 0.2) is 0 Å². The van der Waals surface area contributed by atoms with Crippen LogP contribution in [0.4, 0.5) is 0 Å². The second-order valence-electron chi connectivity index (χ2n) is 4.62. The summed E-state index contributed by atoms with van der Waals surface area (Å²) in [6.07, 6.45) is 5.16. The monoisotopic (exact) mass is 310 g/mol. The summed E-state index contributed by atoms with van der Waals surface area (Å²) in [7, 11) is 0. The van der Waals surface area contributed by atoms with Gasteiger partial charge in [0.05, 0.1) is 17.0 Å². The first-order valence-electron chi connectivity index (χ1n) is 5.87. The van der Waals surface area contributed by atoms with E-state index in [1.165, 1.54) is 6.42 Å². The molecule has 1 fully saturated rings. The largest absolute Gasteiger partial charge is 0.249 e. The standard InChI is InChI=1S/C13H15BrN2S/c1-9-2-3-10(7-15)12(6-9)17-13-5-4-11(14)8-16-13/h4-5,8-10,12H,2-3,6H2,1H3. The zero-order valence-corrected chi connectivity index (χ0v) is 12.2. The molecule has 1 aromatic rings. The zero-order valence-electron chi connectivity index (χ0n) is 9.77. The fourth-order valence-electron chi connectivity index (χ4n) is 2.19. The summed E-state index contributed by atoms with van der Waals surface area (Å²) in [6, 6.07) is 6.47. The van der Waals surface area contributed by atoms with Gasteiger partial charge in [0.2, 0.25) is 0 Å². The lowest BCUT2D eigenvalue weighted by Crippen LogP contribution is -2.25. The summed E-state index contributed by atoms with van der Waals surface area (Å²) >= 11 is 5.14. The lowest BCUT2D eigenvalue weighted by molar-refractivity contribution is 0.345. The Labute approximate surface area is 115 Å². The number of hydrogen-bond acceptors (Lipinski definition) is 3. The summed E-state index contributed by atoms with van der Waals surface area (Å²) < 4.78 is 0.996. The smallest absolute Gasteiger partial charge is 0.0963 e. The Morgan fingerprint density at radius 3 is 2.94 bits per heavy atom. The van der Waals surface area contributed by atoms with E-state index in [2.05, 4.69) is 33.9 Å². The highest BCUT2D eigenvalue weighted by Crippen LogP contribution is 2.38. The summed E-state index contributed by atoms with van der Waals surface area (Å²) in [5.41, 5.74) is 0. The van der Waals surface area contributed by atoms with Gasteiger partial charge in [-0.15, -0.1) is 11.8 Å². The van der Waals surface area contributed by atoms with E-state index in [1.54, 1.807) is 11.8 Å². The molecular weight excluding hydrogens is 296 g/mol. The van der Waals surface area contributed by atoms with Crippen LogP contribution in [0.2, 0.25) is 0 Å². The molecule has 3 atom stereocenters. The normalized spacial score (nSPS) is 28.6. The van der Waals surface area contributed by atoms with Crippen LogP contribution < -0.4 is 0 Å². The summed E-state index contributed by atoms with van der Waals surface area (Å²) in [5.74, 6) is 0.911. The fourth-order valence-corrected chi connectivity index (χ4v) is 3.78. The van der Waals surface area contributed by atoms with E-state index in [4.69, 9.17) is 0 Å². The Morgan fingerprint density at radius 2 is 2.29 bits per heavy atom. The second-order valence-corrected chi connectivity index (χ2v) is 6.80. The Balaban J connectivity index is 2.05. The molecule has 1 heterocycles. The lowest BCUT2D eigenvalue weighted by atomic mass is 9.83. The summed E-state index contributed by atoms with van der Waals surface area (Å²) in [4.78, 5) is 4.37. The van der Waals surface area contributed by atoms with Crippen molar-refractivity contribution in [2.45, 2.75) is 36.5 Å². The minimum Gasteiger partial charge on any atom is -0.249 e. The van der Waals surface area contributed by atoms with Crippen molar-refractivity contribution >= 4 is 27.7 Å². The van der Waals surface area contributed by atoms with Crippen molar-refractivity contribution in [1.29, 1.82) is 5.26 Å². The van der Waals surface area contributed by atoms with Crippen LogP contribution >= 0.6 is 27.7 Å². The van der Waals surface area contributed by atoms with Crippen LogP contribution in [0.5, 0.6) is 0 Å². The Bertz CT molecular complexity index is 412. The van der Waals surface area contributed by atoms with E-state index in [1.807, 2.05) is 18.3 Å². The molecule has 0 N–H and O–H groups in total. The first-order chi connectivity index (χ1) is 8.19. The highest BCUT2D eigenvalue weighted by Gasteiger charge is 2.29. The molecule has 0 amide bonds. The molecule has 1 saturated carbocycles. The van der Waals surface area contributed by atoms with Crippen LogP contribution in [0.3, 0.4) is 0 Å². The Hall–Kier alpha value is -0.530. The molecule has 1 aliphatic carbocycles. The maximum atomic E-state index is 9.18. The number of pyridine rings is 1. The van der Waals surface area contributed by atoms with Crippen LogP contribution in [-0.2, 0) is 0 Å². The topological polar surface area (TPSA) is 36.7 Å². The average Bonchev–Trinajstić information content (AvgIpc) is 2.32. The molecule has 2 nitrogen and oxygen atoms in total. The van der Waals surface area contributed by atoms with Crippen molar-refractivity contribution in [3.05, 3.63) is 22.8 Å². The molecule has 0 aromatic carbocycles. The van der Waals surface area contributed by atoms with E-state index in [0.717, 1.165) is 28.3 Å². The molecular formula is C13H15BrN2S. The SMILES string of the molecule is CC1CCC(C#N)C(Sc2ccc(Br)cn2)C1. The van der Waals surface area contributed by atoms with Gasteiger partial charge >= 0.3 is 0 Å². The Morgan fingerprint density at radius 1 is 1.47 bits per heavy atom. The third kappa shape index (κ3) is 3.46. The first kappa shape index (κ1) is 12.9. The van der Waals surface area contributed by atoms with Gasteiger partial charge in [-0.05, 0) is 53.2 Å². The van der Waals surface area contributed by atoms with Gasteiger partial charge in [0.1, 0.15) is 0 Å². The molecule has 0 spiro atoms. The van der Waals surface area contributed by atoms with Crippen molar-refractivity contribution < 1.29 is 0 Å². The van der Waals surface area contributed by atoms with Crippen LogP contribution in [0.25, 0.3) is 0 Å². The molecule has 1 aliphatic rings. The zero-order chi connectivity index (χ0) is 12.3. The Kier molecular flexibility index (Phi) is 4.47. The van der Waals surface area contributed by atoms with Gasteiger partial charge in [-0.1, -0.05) is 6.92 Å². The highest BCUT2D eigenvalue weighted by atomic mass is 79.9. The van der Waals surface area contributed by atoms with E-state index < -0.39 is 0 Å². The lowest BCUT2D eigenvalue weighted by Gasteiger charge is -2.30. The molecule has 3 unspecified atom stereocenters. The third-order valence-electron chi connectivity index (χ3n) is 3.19. The van der Waals surface area contributed by atoms with Crippen LogP contribution in [-0.4, -0.2) is 10.2 Å². The van der Waals surface area contributed by atoms with Crippen molar-refractivity contribution in [1.82, 2.24) is 4.98 Å². The van der Waals surface area contributed by atoms with Gasteiger partial charge < -0.3 is 0 Å². The minimum atomic E-state index is 0.182. The number of nitriles is 1. The average molecular weight is 311 g/mol. The van der Waals surface area contributed by atoms with Crippen LogP contribution in [0, 0.1) is 23.2 Å². The molecule has 0 bridgehead atoms. The number of aromatic nitrogens is 1. The third-order valence-corrected chi connectivity index (χ3v) is 4.97.